The molecule has 2 aromatic carbocycles. The molecule has 2 N–H and O–H groups in total. The largest absolute Gasteiger partial charge is 0.354 e. The van der Waals surface area contributed by atoms with Crippen molar-refractivity contribution in [1.82, 2.24) is 10.6 Å². The number of carbonyl (C=O) groups excluding carboxylic acids is 2. The molecule has 4 nitrogen and oxygen atoms in total. The number of rotatable bonds is 7. The lowest BCUT2D eigenvalue weighted by Gasteiger charge is -2.21. The molecule has 1 unspecified atom stereocenters. The van der Waals surface area contributed by atoms with Crippen molar-refractivity contribution in [3.8, 4) is 0 Å². The van der Waals surface area contributed by atoms with Crippen molar-refractivity contribution >= 4 is 11.8 Å². The molecular weight excluding hydrogens is 300 g/mol. The Kier molecular flexibility index (Phi) is 6.55. The van der Waals surface area contributed by atoms with E-state index in [9.17, 15) is 9.59 Å². The van der Waals surface area contributed by atoms with Gasteiger partial charge in [-0.25, -0.2) is 0 Å². The van der Waals surface area contributed by atoms with E-state index in [1.807, 2.05) is 67.6 Å². The summed E-state index contributed by atoms with van der Waals surface area (Å²) in [4.78, 5) is 24.8. The summed E-state index contributed by atoms with van der Waals surface area (Å²) in [6.07, 6.45) is 0.864. The van der Waals surface area contributed by atoms with Gasteiger partial charge in [0.2, 0.25) is 11.8 Å². The van der Waals surface area contributed by atoms with Crippen LogP contribution in [0.25, 0.3) is 0 Å². The van der Waals surface area contributed by atoms with E-state index in [4.69, 9.17) is 0 Å². The molecule has 2 aromatic rings. The average Bonchev–Trinajstić information content (AvgIpc) is 2.61. The van der Waals surface area contributed by atoms with Gasteiger partial charge in [-0.1, -0.05) is 67.6 Å². The zero-order chi connectivity index (χ0) is 17.4. The molecule has 2 rings (SSSR count). The molecule has 1 atom stereocenters. The fraction of sp³-hybridized carbons (Fsp3) is 0.300. The predicted octanol–water partition coefficient (Wildman–Crippen LogP) is 2.85. The van der Waals surface area contributed by atoms with E-state index in [2.05, 4.69) is 10.6 Å². The van der Waals surface area contributed by atoms with Gasteiger partial charge < -0.3 is 10.6 Å². The second-order valence-corrected chi connectivity index (χ2v) is 5.78. The van der Waals surface area contributed by atoms with Crippen molar-refractivity contribution in [2.45, 2.75) is 32.2 Å². The third-order valence-electron chi connectivity index (χ3n) is 3.83. The van der Waals surface area contributed by atoms with Crippen molar-refractivity contribution in [3.63, 3.8) is 0 Å². The normalized spacial score (nSPS) is 11.8. The van der Waals surface area contributed by atoms with Crippen molar-refractivity contribution in [2.75, 3.05) is 6.54 Å². The molecule has 0 spiro atoms. The number of carbonyl (C=O) groups is 2. The van der Waals surface area contributed by atoms with Gasteiger partial charge in [-0.15, -0.1) is 0 Å². The highest BCUT2D eigenvalue weighted by atomic mass is 16.2. The summed E-state index contributed by atoms with van der Waals surface area (Å²) in [5.74, 6) is -0.773. The molecule has 0 fully saturated rings. The Labute approximate surface area is 143 Å². The van der Waals surface area contributed by atoms with Crippen LogP contribution in [0.4, 0.5) is 0 Å². The third-order valence-corrected chi connectivity index (χ3v) is 3.83. The van der Waals surface area contributed by atoms with Crippen molar-refractivity contribution < 1.29 is 9.59 Å². The zero-order valence-corrected chi connectivity index (χ0v) is 14.2. The summed E-state index contributed by atoms with van der Waals surface area (Å²) >= 11 is 0. The van der Waals surface area contributed by atoms with Gasteiger partial charge in [-0.2, -0.15) is 0 Å². The first-order valence-electron chi connectivity index (χ1n) is 8.31. The first-order valence-corrected chi connectivity index (χ1v) is 8.31. The summed E-state index contributed by atoms with van der Waals surface area (Å²) in [6, 6.07) is 18.6. The van der Waals surface area contributed by atoms with Crippen molar-refractivity contribution in [3.05, 3.63) is 71.8 Å². The maximum absolute atomic E-state index is 12.8. The maximum atomic E-state index is 12.8. The topological polar surface area (TPSA) is 58.2 Å². The average molecular weight is 324 g/mol. The summed E-state index contributed by atoms with van der Waals surface area (Å²) in [6.45, 7) is 4.31. The van der Waals surface area contributed by atoms with Gasteiger partial charge in [0.15, 0.2) is 0 Å². The van der Waals surface area contributed by atoms with E-state index in [-0.39, 0.29) is 11.8 Å². The smallest absolute Gasteiger partial charge is 0.242 e. The minimum absolute atomic E-state index is 0.162. The second-order valence-electron chi connectivity index (χ2n) is 5.78. The summed E-state index contributed by atoms with van der Waals surface area (Å²) in [7, 11) is 0. The fourth-order valence-electron chi connectivity index (χ4n) is 2.55. The SMILES string of the molecule is CCCNC(=O)C(C)NC(=O)C(c1ccccc1)c1ccccc1. The lowest BCUT2D eigenvalue weighted by molar-refractivity contribution is -0.128. The summed E-state index contributed by atoms with van der Waals surface area (Å²) in [5.41, 5.74) is 1.81. The van der Waals surface area contributed by atoms with Crippen LogP contribution < -0.4 is 10.6 Å². The minimum atomic E-state index is -0.570. The van der Waals surface area contributed by atoms with Crippen molar-refractivity contribution in [2.24, 2.45) is 0 Å². The Balaban J connectivity index is 2.18. The molecule has 0 bridgehead atoms. The first-order chi connectivity index (χ1) is 11.6. The number of hydrogen-bond acceptors (Lipinski definition) is 2. The minimum Gasteiger partial charge on any atom is -0.354 e. The quantitative estimate of drug-likeness (QED) is 0.823. The van der Waals surface area contributed by atoms with E-state index < -0.39 is 12.0 Å². The Morgan fingerprint density at radius 1 is 0.875 bits per heavy atom. The molecule has 0 saturated heterocycles. The standard InChI is InChI=1S/C20H24N2O2/c1-3-14-21-19(23)15(2)22-20(24)18(16-10-6-4-7-11-16)17-12-8-5-9-13-17/h4-13,15,18H,3,14H2,1-2H3,(H,21,23)(H,22,24). The van der Waals surface area contributed by atoms with Crippen LogP contribution in [0.3, 0.4) is 0 Å². The van der Waals surface area contributed by atoms with Gasteiger partial charge in [0.25, 0.3) is 0 Å². The molecule has 0 aliphatic heterocycles. The lowest BCUT2D eigenvalue weighted by atomic mass is 9.90. The molecular formula is C20H24N2O2. The van der Waals surface area contributed by atoms with E-state index >= 15 is 0 Å². The van der Waals surface area contributed by atoms with E-state index in [1.165, 1.54) is 0 Å². The van der Waals surface area contributed by atoms with Gasteiger partial charge >= 0.3 is 0 Å². The van der Waals surface area contributed by atoms with Crippen molar-refractivity contribution in [1.29, 1.82) is 0 Å². The molecule has 0 aliphatic rings. The van der Waals surface area contributed by atoms with Crippen LogP contribution in [-0.4, -0.2) is 24.4 Å². The molecule has 24 heavy (non-hydrogen) atoms. The van der Waals surface area contributed by atoms with Crippen LogP contribution >= 0.6 is 0 Å². The molecule has 0 heterocycles. The van der Waals surface area contributed by atoms with Crippen LogP contribution in [0.5, 0.6) is 0 Å². The number of nitrogens with one attached hydrogen (secondary N) is 2. The molecule has 0 saturated carbocycles. The molecule has 4 heteroatoms. The molecule has 0 aromatic heterocycles. The Hall–Kier alpha value is -2.62. The molecule has 0 aliphatic carbocycles. The van der Waals surface area contributed by atoms with E-state index in [0.717, 1.165) is 17.5 Å². The first kappa shape index (κ1) is 17.7. The van der Waals surface area contributed by atoms with E-state index in [0.29, 0.717) is 6.54 Å². The Bertz CT molecular complexity index is 616. The Morgan fingerprint density at radius 2 is 1.38 bits per heavy atom. The van der Waals surface area contributed by atoms with Gasteiger partial charge in [0, 0.05) is 6.54 Å². The molecule has 126 valence electrons. The van der Waals surface area contributed by atoms with Gasteiger partial charge in [-0.05, 0) is 24.5 Å². The van der Waals surface area contributed by atoms with Crippen LogP contribution in [0.2, 0.25) is 0 Å². The third kappa shape index (κ3) is 4.69. The highest BCUT2D eigenvalue weighted by Gasteiger charge is 2.25. The highest BCUT2D eigenvalue weighted by Crippen LogP contribution is 2.24. The molecule has 0 radical (unpaired) electrons. The van der Waals surface area contributed by atoms with Crippen LogP contribution in [0.1, 0.15) is 37.3 Å². The van der Waals surface area contributed by atoms with Gasteiger partial charge in [-0.3, -0.25) is 9.59 Å². The fourth-order valence-corrected chi connectivity index (χ4v) is 2.55. The summed E-state index contributed by atoms with van der Waals surface area (Å²) < 4.78 is 0. The van der Waals surface area contributed by atoms with Crippen LogP contribution in [0, 0.1) is 0 Å². The molecule has 2 amide bonds. The maximum Gasteiger partial charge on any atom is 0.242 e. The predicted molar refractivity (Wildman–Crippen MR) is 95.6 cm³/mol. The zero-order valence-electron chi connectivity index (χ0n) is 14.2. The van der Waals surface area contributed by atoms with Crippen LogP contribution in [-0.2, 0) is 9.59 Å². The van der Waals surface area contributed by atoms with Crippen LogP contribution in [0.15, 0.2) is 60.7 Å². The second kappa shape index (κ2) is 8.87. The number of benzene rings is 2. The number of amides is 2. The van der Waals surface area contributed by atoms with E-state index in [1.54, 1.807) is 6.92 Å². The number of hydrogen-bond donors (Lipinski definition) is 2. The highest BCUT2D eigenvalue weighted by molar-refractivity contribution is 5.92. The van der Waals surface area contributed by atoms with Gasteiger partial charge in [0.05, 0.1) is 5.92 Å². The van der Waals surface area contributed by atoms with Gasteiger partial charge in [0.1, 0.15) is 6.04 Å². The monoisotopic (exact) mass is 324 g/mol. The lowest BCUT2D eigenvalue weighted by Crippen LogP contribution is -2.46. The summed E-state index contributed by atoms with van der Waals surface area (Å²) in [5, 5.41) is 5.64. The Morgan fingerprint density at radius 3 is 1.83 bits per heavy atom.